The topological polar surface area (TPSA) is 134 Å². The Morgan fingerprint density at radius 1 is 0.462 bits per heavy atom. The molecule has 2 unspecified atom stereocenters. The fourth-order valence-electron chi connectivity index (χ4n) is 7.64. The van der Waals surface area contributed by atoms with Crippen LogP contribution in [0.4, 0.5) is 0 Å². The highest BCUT2D eigenvalue weighted by atomic mass is 31.2. The second kappa shape index (κ2) is 51.4. The van der Waals surface area contributed by atoms with Crippen molar-refractivity contribution in [3.05, 3.63) is 48.6 Å². The normalized spacial score (nSPS) is 13.5. The molecule has 0 aromatic carbocycles. The van der Waals surface area contributed by atoms with Gasteiger partial charge in [0.15, 0.2) is 6.10 Å². The van der Waals surface area contributed by atoms with Crippen molar-refractivity contribution in [3.8, 4) is 0 Å². The molecule has 0 bridgehead atoms. The number of hydrogen-bond donors (Lipinski definition) is 2. The summed E-state index contributed by atoms with van der Waals surface area (Å²) in [6.07, 6.45) is 61.7. The fraction of sp³-hybridized carbons (Fsp3) is 0.818. The number of ether oxygens (including phenoxy) is 2. The molecule has 9 nitrogen and oxygen atoms in total. The Morgan fingerprint density at radius 2 is 0.800 bits per heavy atom. The summed E-state index contributed by atoms with van der Waals surface area (Å²) in [5.41, 5.74) is 5.37. The summed E-state index contributed by atoms with van der Waals surface area (Å²) in [5, 5.41) is 0. The van der Waals surface area contributed by atoms with Gasteiger partial charge in [0.1, 0.15) is 6.61 Å². The maximum absolute atomic E-state index is 12.7. The molecule has 0 aromatic heterocycles. The van der Waals surface area contributed by atoms with Crippen molar-refractivity contribution in [3.63, 3.8) is 0 Å². The van der Waals surface area contributed by atoms with Crippen LogP contribution in [0.3, 0.4) is 0 Å². The smallest absolute Gasteiger partial charge is 0.462 e. The van der Waals surface area contributed by atoms with Crippen LogP contribution in [0.25, 0.3) is 0 Å². The molecule has 3 N–H and O–H groups in total. The second-order valence-corrected chi connectivity index (χ2v) is 19.5. The average Bonchev–Trinajstić information content (AvgIpc) is 3.30. The van der Waals surface area contributed by atoms with Gasteiger partial charge < -0.3 is 20.1 Å². The molecule has 0 aliphatic heterocycles. The predicted molar refractivity (Wildman–Crippen MR) is 275 cm³/mol. The summed E-state index contributed by atoms with van der Waals surface area (Å²) in [6, 6.07) is 0. The molecule has 0 spiro atoms. The van der Waals surface area contributed by atoms with Crippen LogP contribution in [0, 0.1) is 0 Å². The highest BCUT2D eigenvalue weighted by Crippen LogP contribution is 2.43. The van der Waals surface area contributed by atoms with Crippen molar-refractivity contribution in [1.29, 1.82) is 0 Å². The first-order valence-corrected chi connectivity index (χ1v) is 28.6. The van der Waals surface area contributed by atoms with Gasteiger partial charge in [-0.3, -0.25) is 18.6 Å². The number of phosphoric ester groups is 1. The van der Waals surface area contributed by atoms with E-state index in [2.05, 4.69) is 62.5 Å². The summed E-state index contributed by atoms with van der Waals surface area (Å²) in [6.45, 7) is 3.72. The van der Waals surface area contributed by atoms with Crippen LogP contribution < -0.4 is 5.73 Å². The molecule has 0 saturated carbocycles. The van der Waals surface area contributed by atoms with Gasteiger partial charge in [0.05, 0.1) is 13.2 Å². The SMILES string of the molecule is CCCCCC/C=C\CCCCCCCC(=O)OCC(COP(=O)(O)OCCN)OC(=O)CCCCCCCCCCCCCCCCCC/C=C\C/C=C\C/C=C\CCCCCCC. The minimum absolute atomic E-state index is 0.0524. The van der Waals surface area contributed by atoms with Gasteiger partial charge in [-0.15, -0.1) is 0 Å². The Labute approximate surface area is 400 Å². The van der Waals surface area contributed by atoms with Crippen LogP contribution >= 0.6 is 7.82 Å². The van der Waals surface area contributed by atoms with Crippen molar-refractivity contribution in [2.45, 2.75) is 264 Å². The largest absolute Gasteiger partial charge is 0.472 e. The zero-order valence-electron chi connectivity index (χ0n) is 42.2. The predicted octanol–water partition coefficient (Wildman–Crippen LogP) is 16.6. The highest BCUT2D eigenvalue weighted by Gasteiger charge is 2.26. The summed E-state index contributed by atoms with van der Waals surface area (Å²) >= 11 is 0. The fourth-order valence-corrected chi connectivity index (χ4v) is 8.40. The van der Waals surface area contributed by atoms with Crippen molar-refractivity contribution < 1.29 is 37.6 Å². The molecule has 65 heavy (non-hydrogen) atoms. The summed E-state index contributed by atoms with van der Waals surface area (Å²) in [4.78, 5) is 35.0. The number of rotatable bonds is 51. The first-order valence-electron chi connectivity index (χ1n) is 27.1. The Bertz CT molecular complexity index is 1200. The molecule has 0 fully saturated rings. The van der Waals surface area contributed by atoms with E-state index in [1.165, 1.54) is 154 Å². The van der Waals surface area contributed by atoms with Gasteiger partial charge in [-0.05, 0) is 77.0 Å². The zero-order chi connectivity index (χ0) is 47.4. The molecule has 0 amide bonds. The van der Waals surface area contributed by atoms with E-state index in [1.54, 1.807) is 0 Å². The van der Waals surface area contributed by atoms with Crippen LogP contribution in [0.2, 0.25) is 0 Å². The third-order valence-corrected chi connectivity index (χ3v) is 12.7. The molecule has 0 aromatic rings. The van der Waals surface area contributed by atoms with Gasteiger partial charge in [0.2, 0.25) is 0 Å². The molecule has 0 rings (SSSR count). The van der Waals surface area contributed by atoms with Crippen LogP contribution in [0.5, 0.6) is 0 Å². The van der Waals surface area contributed by atoms with Gasteiger partial charge in [0, 0.05) is 19.4 Å². The van der Waals surface area contributed by atoms with E-state index in [1.807, 2.05) is 0 Å². The first-order chi connectivity index (χ1) is 31.8. The molecule has 2 atom stereocenters. The minimum atomic E-state index is -4.38. The quantitative estimate of drug-likeness (QED) is 0.0265. The monoisotopic (exact) mass is 936 g/mol. The molecule has 380 valence electrons. The second-order valence-electron chi connectivity index (χ2n) is 18.1. The lowest BCUT2D eigenvalue weighted by atomic mass is 10.0. The van der Waals surface area contributed by atoms with Gasteiger partial charge in [-0.25, -0.2) is 4.57 Å². The van der Waals surface area contributed by atoms with E-state index < -0.39 is 26.5 Å². The summed E-state index contributed by atoms with van der Waals surface area (Å²) in [5.74, 6) is -0.832. The van der Waals surface area contributed by atoms with E-state index in [9.17, 15) is 19.0 Å². The number of nitrogens with two attached hydrogens (primary N) is 1. The Morgan fingerprint density at radius 3 is 1.22 bits per heavy atom. The Balaban J connectivity index is 3.91. The van der Waals surface area contributed by atoms with Crippen LogP contribution in [0.15, 0.2) is 48.6 Å². The molecule has 0 saturated heterocycles. The molecule has 10 heteroatoms. The lowest BCUT2D eigenvalue weighted by molar-refractivity contribution is -0.161. The maximum atomic E-state index is 12.7. The number of hydrogen-bond acceptors (Lipinski definition) is 8. The lowest BCUT2D eigenvalue weighted by Gasteiger charge is -2.19. The molecule has 0 aliphatic rings. The number of allylic oxidation sites excluding steroid dienone is 8. The third-order valence-electron chi connectivity index (χ3n) is 11.7. The lowest BCUT2D eigenvalue weighted by Crippen LogP contribution is -2.29. The van der Waals surface area contributed by atoms with Crippen molar-refractivity contribution >= 4 is 19.8 Å². The first kappa shape index (κ1) is 63.0. The van der Waals surface area contributed by atoms with Crippen LogP contribution in [-0.2, 0) is 32.7 Å². The van der Waals surface area contributed by atoms with E-state index in [0.717, 1.165) is 70.6 Å². The molecular formula is C55H102NO8P. The number of carbonyl (C=O) groups excluding carboxylic acids is 2. The number of unbranched alkanes of at least 4 members (excludes halogenated alkanes) is 30. The highest BCUT2D eigenvalue weighted by molar-refractivity contribution is 7.47. The molecule has 0 aliphatic carbocycles. The zero-order valence-corrected chi connectivity index (χ0v) is 43.1. The minimum Gasteiger partial charge on any atom is -0.462 e. The van der Waals surface area contributed by atoms with Gasteiger partial charge >= 0.3 is 19.8 Å². The van der Waals surface area contributed by atoms with Gasteiger partial charge in [-0.1, -0.05) is 217 Å². The third kappa shape index (κ3) is 51.2. The number of phosphoric acid groups is 1. The Kier molecular flexibility index (Phi) is 49.8. The summed E-state index contributed by atoms with van der Waals surface area (Å²) < 4.78 is 32.9. The van der Waals surface area contributed by atoms with Crippen molar-refractivity contribution in [1.82, 2.24) is 0 Å². The van der Waals surface area contributed by atoms with Crippen molar-refractivity contribution in [2.24, 2.45) is 5.73 Å². The van der Waals surface area contributed by atoms with Crippen LogP contribution in [-0.4, -0.2) is 49.3 Å². The van der Waals surface area contributed by atoms with E-state index in [4.69, 9.17) is 24.3 Å². The van der Waals surface area contributed by atoms with E-state index >= 15 is 0 Å². The van der Waals surface area contributed by atoms with Gasteiger partial charge in [0.25, 0.3) is 0 Å². The average molecular weight is 936 g/mol. The molecule has 0 heterocycles. The molecular weight excluding hydrogens is 834 g/mol. The van der Waals surface area contributed by atoms with Crippen molar-refractivity contribution in [2.75, 3.05) is 26.4 Å². The molecule has 0 radical (unpaired) electrons. The van der Waals surface area contributed by atoms with E-state index in [-0.39, 0.29) is 38.6 Å². The van der Waals surface area contributed by atoms with Crippen LogP contribution in [0.1, 0.15) is 258 Å². The number of carbonyl (C=O) groups is 2. The standard InChI is InChI=1S/C55H102NO8P/c1-3-5-7-9-11-13-15-17-18-19-20-21-22-23-24-25-26-27-28-29-30-31-32-33-34-36-38-40-42-44-46-48-55(58)64-53(52-63-65(59,60)62-50-49-56)51-61-54(57)47-45-43-41-39-37-35-16-14-12-10-8-6-4-2/h14-17,19-20,22-23,53H,3-13,18,21,24-52,56H2,1-2H3,(H,59,60)/b16-14-,17-15-,20-19-,23-22-. The van der Waals surface area contributed by atoms with Gasteiger partial charge in [-0.2, -0.15) is 0 Å². The maximum Gasteiger partial charge on any atom is 0.472 e. The summed E-state index contributed by atoms with van der Waals surface area (Å²) in [7, 11) is -4.38. The Hall–Kier alpha value is -2.03. The number of esters is 2. The van der Waals surface area contributed by atoms with E-state index in [0.29, 0.717) is 6.42 Å².